The molecule has 0 radical (unpaired) electrons. The fourth-order valence-corrected chi connectivity index (χ4v) is 3.36. The van der Waals surface area contributed by atoms with Crippen LogP contribution in [0.2, 0.25) is 0 Å². The van der Waals surface area contributed by atoms with Gasteiger partial charge < -0.3 is 25.4 Å². The quantitative estimate of drug-likeness (QED) is 0.530. The summed E-state index contributed by atoms with van der Waals surface area (Å²) in [5.74, 6) is -2.00. The number of morpholine rings is 1. The normalized spacial score (nSPS) is 18.9. The first-order chi connectivity index (χ1) is 15.5. The highest BCUT2D eigenvalue weighted by Crippen LogP contribution is 2.31. The summed E-state index contributed by atoms with van der Waals surface area (Å²) < 4.78 is 49.4. The molecule has 1 aliphatic heterocycles. The van der Waals surface area contributed by atoms with Crippen molar-refractivity contribution in [3.05, 3.63) is 42.1 Å². The van der Waals surface area contributed by atoms with Crippen molar-refractivity contribution in [1.29, 1.82) is 0 Å². The third-order valence-corrected chi connectivity index (χ3v) is 5.12. The molecule has 10 nitrogen and oxygen atoms in total. The van der Waals surface area contributed by atoms with Gasteiger partial charge in [0.2, 0.25) is 0 Å². The summed E-state index contributed by atoms with van der Waals surface area (Å²) in [5, 5.41) is 17.4. The number of pyridine rings is 1. The molecule has 1 aliphatic rings. The van der Waals surface area contributed by atoms with Gasteiger partial charge in [0.25, 0.3) is 11.8 Å². The van der Waals surface area contributed by atoms with Gasteiger partial charge in [-0.2, -0.15) is 13.2 Å². The predicted octanol–water partition coefficient (Wildman–Crippen LogP) is 1.95. The predicted molar refractivity (Wildman–Crippen MR) is 109 cm³/mol. The number of carbonyl (C=O) groups excluding carboxylic acids is 2. The van der Waals surface area contributed by atoms with Gasteiger partial charge in [0.1, 0.15) is 11.5 Å². The smallest absolute Gasteiger partial charge is 0.380 e. The monoisotopic (exact) mass is 465 g/mol. The Bertz CT molecular complexity index is 1230. The highest BCUT2D eigenvalue weighted by atomic mass is 19.4. The Balaban J connectivity index is 1.55. The van der Waals surface area contributed by atoms with Crippen LogP contribution in [0.1, 0.15) is 12.6 Å². The number of hydrogen-bond donors (Lipinski definition) is 3. The lowest BCUT2D eigenvalue weighted by Crippen LogP contribution is -2.61. The number of ether oxygens (including phenoxy) is 1. The molecule has 2 aromatic heterocycles. The van der Waals surface area contributed by atoms with Crippen LogP contribution in [0.25, 0.3) is 11.0 Å². The van der Waals surface area contributed by atoms with Crippen LogP contribution in [0.5, 0.6) is 0 Å². The van der Waals surface area contributed by atoms with E-state index in [0.29, 0.717) is 5.39 Å². The maximum Gasteiger partial charge on any atom is 0.433 e. The molecular formula is C20H18F3N5O5. The highest BCUT2D eigenvalue weighted by molar-refractivity contribution is 6.06. The van der Waals surface area contributed by atoms with Crippen LogP contribution >= 0.6 is 0 Å². The number of nitrogens with two attached hydrogens (primary N) is 1. The molecular weight excluding hydrogens is 447 g/mol. The van der Waals surface area contributed by atoms with Gasteiger partial charge in [0.15, 0.2) is 23.1 Å². The summed E-state index contributed by atoms with van der Waals surface area (Å²) >= 11 is 0. The standard InChI is InChI=1S/C20H18F3N5O5/c1-19(31,18(30)25-10-5-6-11-12(9-10)33-27-16(11)24)15-17(29)28(7-8-32-15)14-4-2-3-13(26-14)20(21,22)23/h2-6,9,15,31H,7-8H2,1H3,(H2,24,27)(H,25,30). The van der Waals surface area contributed by atoms with Crippen LogP contribution in [-0.2, 0) is 20.5 Å². The molecule has 1 aromatic carbocycles. The molecule has 1 saturated heterocycles. The van der Waals surface area contributed by atoms with E-state index < -0.39 is 35.4 Å². The molecule has 0 aliphatic carbocycles. The van der Waals surface area contributed by atoms with Gasteiger partial charge in [-0.3, -0.25) is 14.5 Å². The van der Waals surface area contributed by atoms with Crippen molar-refractivity contribution >= 4 is 40.1 Å². The first kappa shape index (κ1) is 22.5. The number of carbonyl (C=O) groups is 2. The minimum Gasteiger partial charge on any atom is -0.380 e. The van der Waals surface area contributed by atoms with Gasteiger partial charge in [-0.15, -0.1) is 0 Å². The van der Waals surface area contributed by atoms with E-state index in [1.807, 2.05) is 0 Å². The molecule has 2 unspecified atom stereocenters. The fourth-order valence-electron chi connectivity index (χ4n) is 3.36. The average Bonchev–Trinajstić information content (AvgIpc) is 3.13. The van der Waals surface area contributed by atoms with Gasteiger partial charge in [0, 0.05) is 11.8 Å². The number of aromatic nitrogens is 2. The number of aliphatic hydroxyl groups is 1. The van der Waals surface area contributed by atoms with Crippen LogP contribution in [0, 0.1) is 0 Å². The summed E-state index contributed by atoms with van der Waals surface area (Å²) in [5.41, 5.74) is 2.61. The summed E-state index contributed by atoms with van der Waals surface area (Å²) in [7, 11) is 0. The number of benzene rings is 1. The number of halogens is 3. The first-order valence-electron chi connectivity index (χ1n) is 9.64. The molecule has 4 N–H and O–H groups in total. The molecule has 33 heavy (non-hydrogen) atoms. The first-order valence-corrected chi connectivity index (χ1v) is 9.64. The zero-order chi connectivity index (χ0) is 24.0. The maximum atomic E-state index is 13.0. The lowest BCUT2D eigenvalue weighted by molar-refractivity contribution is -0.165. The second-order valence-corrected chi connectivity index (χ2v) is 7.50. The average molecular weight is 465 g/mol. The molecule has 0 saturated carbocycles. The fraction of sp³-hybridized carbons (Fsp3) is 0.300. The third kappa shape index (κ3) is 4.19. The molecule has 0 spiro atoms. The van der Waals surface area contributed by atoms with Crippen molar-refractivity contribution in [2.75, 3.05) is 29.1 Å². The molecule has 3 aromatic rings. The van der Waals surface area contributed by atoms with Crippen LogP contribution in [0.15, 0.2) is 40.9 Å². The highest BCUT2D eigenvalue weighted by Gasteiger charge is 2.49. The number of hydrogen-bond acceptors (Lipinski definition) is 8. The van der Waals surface area contributed by atoms with Crippen molar-refractivity contribution in [3.63, 3.8) is 0 Å². The van der Waals surface area contributed by atoms with E-state index in [1.165, 1.54) is 18.2 Å². The Labute approximate surface area is 184 Å². The Hall–Kier alpha value is -3.71. The number of nitrogens with zero attached hydrogens (tertiary/aromatic N) is 3. The summed E-state index contributed by atoms with van der Waals surface area (Å²) in [6.07, 6.45) is -6.39. The molecule has 3 heterocycles. The Morgan fingerprint density at radius 3 is 2.79 bits per heavy atom. The van der Waals surface area contributed by atoms with E-state index in [4.69, 9.17) is 15.0 Å². The summed E-state index contributed by atoms with van der Waals surface area (Å²) in [4.78, 5) is 30.2. The van der Waals surface area contributed by atoms with Crippen molar-refractivity contribution < 1.29 is 37.1 Å². The van der Waals surface area contributed by atoms with Crippen LogP contribution < -0.4 is 16.0 Å². The molecule has 0 bridgehead atoms. The van der Waals surface area contributed by atoms with Crippen LogP contribution in [0.3, 0.4) is 0 Å². The summed E-state index contributed by atoms with van der Waals surface area (Å²) in [6, 6.07) is 7.58. The van der Waals surface area contributed by atoms with Crippen molar-refractivity contribution in [2.24, 2.45) is 0 Å². The Morgan fingerprint density at radius 2 is 2.06 bits per heavy atom. The van der Waals surface area contributed by atoms with E-state index in [0.717, 1.165) is 24.0 Å². The number of rotatable bonds is 4. The molecule has 1 fully saturated rings. The van der Waals surface area contributed by atoms with Gasteiger partial charge in [-0.1, -0.05) is 11.2 Å². The van der Waals surface area contributed by atoms with Gasteiger partial charge in [-0.05, 0) is 31.2 Å². The van der Waals surface area contributed by atoms with Gasteiger partial charge in [0.05, 0.1) is 18.5 Å². The molecule has 4 rings (SSSR count). The summed E-state index contributed by atoms with van der Waals surface area (Å²) in [6.45, 7) is 0.824. The van der Waals surface area contributed by atoms with Crippen molar-refractivity contribution in [3.8, 4) is 0 Å². The minimum atomic E-state index is -4.70. The van der Waals surface area contributed by atoms with E-state index >= 15 is 0 Å². The van der Waals surface area contributed by atoms with E-state index in [-0.39, 0.29) is 36.1 Å². The van der Waals surface area contributed by atoms with Crippen molar-refractivity contribution in [1.82, 2.24) is 10.1 Å². The van der Waals surface area contributed by atoms with E-state index in [1.54, 1.807) is 6.07 Å². The SMILES string of the molecule is CC(O)(C(=O)Nc1ccc2c(N)noc2c1)C1OCCN(c2cccc(C(F)(F)F)n2)C1=O. The zero-order valence-corrected chi connectivity index (χ0v) is 17.1. The largest absolute Gasteiger partial charge is 0.433 e. The zero-order valence-electron chi connectivity index (χ0n) is 17.1. The Kier molecular flexibility index (Phi) is 5.46. The second kappa shape index (κ2) is 8.01. The van der Waals surface area contributed by atoms with Gasteiger partial charge >= 0.3 is 6.18 Å². The number of nitrogen functional groups attached to an aromatic ring is 1. The van der Waals surface area contributed by atoms with Gasteiger partial charge in [-0.25, -0.2) is 4.98 Å². The van der Waals surface area contributed by atoms with E-state index in [2.05, 4.69) is 15.5 Å². The molecule has 174 valence electrons. The third-order valence-electron chi connectivity index (χ3n) is 5.12. The number of fused-ring (bicyclic) bond motifs is 1. The second-order valence-electron chi connectivity index (χ2n) is 7.50. The van der Waals surface area contributed by atoms with E-state index in [9.17, 15) is 27.9 Å². The lowest BCUT2D eigenvalue weighted by atomic mass is 9.95. The van der Waals surface area contributed by atoms with Crippen molar-refractivity contribution in [2.45, 2.75) is 24.8 Å². The molecule has 2 amide bonds. The Morgan fingerprint density at radius 1 is 1.30 bits per heavy atom. The van der Waals surface area contributed by atoms with Crippen LogP contribution in [0.4, 0.5) is 30.5 Å². The maximum absolute atomic E-state index is 13.0. The minimum absolute atomic E-state index is 0.106. The lowest BCUT2D eigenvalue weighted by Gasteiger charge is -2.38. The number of alkyl halides is 3. The number of amides is 2. The molecule has 2 atom stereocenters. The number of nitrogens with one attached hydrogen (secondary N) is 1. The van der Waals surface area contributed by atoms with Crippen LogP contribution in [-0.4, -0.2) is 51.9 Å². The number of anilines is 3. The topological polar surface area (TPSA) is 144 Å². The molecule has 13 heteroatoms.